The zero-order valence-corrected chi connectivity index (χ0v) is 17.7. The van der Waals surface area contributed by atoms with Gasteiger partial charge in [-0.05, 0) is 60.5 Å². The molecule has 1 aromatic heterocycles. The second kappa shape index (κ2) is 8.06. The molecule has 1 saturated heterocycles. The van der Waals surface area contributed by atoms with Crippen molar-refractivity contribution in [3.8, 4) is 5.75 Å². The molecule has 1 aliphatic heterocycles. The molecule has 1 fully saturated rings. The van der Waals surface area contributed by atoms with Crippen LogP contribution in [0.15, 0.2) is 66.5 Å². The molecule has 1 unspecified atom stereocenters. The highest BCUT2D eigenvalue weighted by Gasteiger charge is 2.47. The number of aromatic hydroxyl groups is 1. The number of halogens is 2. The van der Waals surface area contributed by atoms with Crippen molar-refractivity contribution < 1.29 is 19.8 Å². The number of ketones is 1. The number of benzene rings is 2. The van der Waals surface area contributed by atoms with Crippen LogP contribution in [0, 0.1) is 6.92 Å². The molecule has 3 aromatic rings. The summed E-state index contributed by atoms with van der Waals surface area (Å²) < 4.78 is 0. The number of nitrogens with zero attached hydrogens (tertiary/aromatic N) is 2. The van der Waals surface area contributed by atoms with Gasteiger partial charge in [0.2, 0.25) is 0 Å². The van der Waals surface area contributed by atoms with Crippen LogP contribution in [-0.4, -0.2) is 26.9 Å². The van der Waals surface area contributed by atoms with E-state index < -0.39 is 23.5 Å². The molecule has 0 aliphatic carbocycles. The van der Waals surface area contributed by atoms with Gasteiger partial charge in [0.15, 0.2) is 0 Å². The molecule has 4 rings (SSSR count). The topological polar surface area (TPSA) is 90.7 Å². The van der Waals surface area contributed by atoms with E-state index in [0.717, 1.165) is 5.56 Å². The van der Waals surface area contributed by atoms with Gasteiger partial charge < -0.3 is 10.2 Å². The lowest BCUT2D eigenvalue weighted by Gasteiger charge is -2.26. The van der Waals surface area contributed by atoms with Gasteiger partial charge in [0, 0.05) is 18.0 Å². The lowest BCUT2D eigenvalue weighted by atomic mass is 9.95. The molecule has 2 heterocycles. The third-order valence-corrected chi connectivity index (χ3v) is 5.79. The van der Waals surface area contributed by atoms with Crippen LogP contribution in [0.25, 0.3) is 5.76 Å². The standard InChI is InChI=1S/C23H16Cl2N2O4/c1-12-2-5-18(28)17(10-12)27-20(13-6-8-26-9-7-13)19(22(30)23(27)31)21(29)14-3-4-15(24)16(25)11-14/h2-11,20,28-29H,1H3/b21-19-. The predicted molar refractivity (Wildman–Crippen MR) is 118 cm³/mol. The first kappa shape index (κ1) is 20.9. The number of pyridine rings is 1. The first-order valence-electron chi connectivity index (χ1n) is 9.25. The van der Waals surface area contributed by atoms with Crippen molar-refractivity contribution in [2.75, 3.05) is 4.90 Å². The Hall–Kier alpha value is -3.35. The van der Waals surface area contributed by atoms with Crippen molar-refractivity contribution in [3.63, 3.8) is 0 Å². The molecule has 156 valence electrons. The second-order valence-corrected chi connectivity index (χ2v) is 7.89. The van der Waals surface area contributed by atoms with Crippen LogP contribution in [-0.2, 0) is 9.59 Å². The van der Waals surface area contributed by atoms with Crippen LogP contribution in [0.3, 0.4) is 0 Å². The Morgan fingerprint density at radius 1 is 1.00 bits per heavy atom. The molecule has 0 radical (unpaired) electrons. The molecule has 1 atom stereocenters. The first-order valence-corrected chi connectivity index (χ1v) is 10.0. The normalized spacial score (nSPS) is 17.9. The number of carbonyl (C=O) groups is 2. The summed E-state index contributed by atoms with van der Waals surface area (Å²) in [5.41, 5.74) is 1.59. The van der Waals surface area contributed by atoms with Crippen molar-refractivity contribution in [3.05, 3.63) is 93.2 Å². The maximum Gasteiger partial charge on any atom is 0.300 e. The molecule has 0 saturated carbocycles. The van der Waals surface area contributed by atoms with E-state index in [1.54, 1.807) is 31.2 Å². The molecule has 2 N–H and O–H groups in total. The van der Waals surface area contributed by atoms with Crippen LogP contribution in [0.4, 0.5) is 5.69 Å². The van der Waals surface area contributed by atoms with E-state index in [4.69, 9.17) is 23.2 Å². The number of phenols is 1. The Balaban J connectivity index is 1.98. The minimum absolute atomic E-state index is 0.129. The lowest BCUT2D eigenvalue weighted by molar-refractivity contribution is -0.132. The quantitative estimate of drug-likeness (QED) is 0.329. The number of aliphatic hydroxyl groups excluding tert-OH is 1. The number of aromatic nitrogens is 1. The van der Waals surface area contributed by atoms with Gasteiger partial charge in [-0.2, -0.15) is 0 Å². The molecule has 2 aromatic carbocycles. The SMILES string of the molecule is Cc1ccc(O)c(N2C(=O)C(=O)/C(=C(\O)c3ccc(Cl)c(Cl)c3)C2c2ccncc2)c1. The van der Waals surface area contributed by atoms with Crippen LogP contribution in [0.2, 0.25) is 10.0 Å². The van der Waals surface area contributed by atoms with Gasteiger partial charge in [0.25, 0.3) is 11.7 Å². The van der Waals surface area contributed by atoms with Gasteiger partial charge in [0.1, 0.15) is 11.5 Å². The van der Waals surface area contributed by atoms with E-state index in [-0.39, 0.29) is 32.6 Å². The first-order chi connectivity index (χ1) is 14.8. The van der Waals surface area contributed by atoms with Crippen LogP contribution in [0.5, 0.6) is 5.75 Å². The van der Waals surface area contributed by atoms with E-state index in [0.29, 0.717) is 5.56 Å². The fraction of sp³-hybridized carbons (Fsp3) is 0.0870. The van der Waals surface area contributed by atoms with Crippen LogP contribution >= 0.6 is 23.2 Å². The number of phenolic OH excluding ortho intramolecular Hbond substituents is 1. The Morgan fingerprint density at radius 3 is 2.39 bits per heavy atom. The van der Waals surface area contributed by atoms with Crippen molar-refractivity contribution in [1.82, 2.24) is 4.98 Å². The van der Waals surface area contributed by atoms with Gasteiger partial charge in [0.05, 0.1) is 27.3 Å². The minimum atomic E-state index is -0.981. The summed E-state index contributed by atoms with van der Waals surface area (Å²) in [6, 6.07) is 11.4. The van der Waals surface area contributed by atoms with Gasteiger partial charge in [-0.15, -0.1) is 0 Å². The number of Topliss-reactive ketones (excluding diaryl/α,β-unsaturated/α-hetero) is 1. The summed E-state index contributed by atoms with van der Waals surface area (Å²) in [5, 5.41) is 22.0. The third-order valence-electron chi connectivity index (χ3n) is 5.05. The maximum atomic E-state index is 13.1. The third kappa shape index (κ3) is 3.65. The largest absolute Gasteiger partial charge is 0.507 e. The molecule has 8 heteroatoms. The van der Waals surface area contributed by atoms with Gasteiger partial charge in [-0.3, -0.25) is 19.5 Å². The molecule has 6 nitrogen and oxygen atoms in total. The number of carbonyl (C=O) groups excluding carboxylic acids is 2. The molecule has 0 spiro atoms. The Kier molecular flexibility index (Phi) is 5.43. The van der Waals surface area contributed by atoms with Crippen LogP contribution < -0.4 is 4.90 Å². The van der Waals surface area contributed by atoms with E-state index in [1.165, 1.54) is 41.6 Å². The van der Waals surface area contributed by atoms with E-state index in [9.17, 15) is 19.8 Å². The van der Waals surface area contributed by atoms with Gasteiger partial charge in [-0.1, -0.05) is 29.3 Å². The van der Waals surface area contributed by atoms with E-state index >= 15 is 0 Å². The molecule has 1 aliphatic rings. The number of aliphatic hydroxyl groups is 1. The van der Waals surface area contributed by atoms with Crippen molar-refractivity contribution in [2.24, 2.45) is 0 Å². The number of amides is 1. The number of aryl methyl sites for hydroxylation is 1. The fourth-order valence-electron chi connectivity index (χ4n) is 3.57. The molecule has 1 amide bonds. The van der Waals surface area contributed by atoms with Crippen molar-refractivity contribution in [1.29, 1.82) is 0 Å². The molecule has 31 heavy (non-hydrogen) atoms. The number of rotatable bonds is 3. The maximum absolute atomic E-state index is 13.1. The highest BCUT2D eigenvalue weighted by molar-refractivity contribution is 6.52. The average molecular weight is 455 g/mol. The Morgan fingerprint density at radius 2 is 1.71 bits per heavy atom. The molecular weight excluding hydrogens is 439 g/mol. The number of hydrogen-bond donors (Lipinski definition) is 2. The zero-order chi connectivity index (χ0) is 22.3. The Labute approximate surface area is 188 Å². The Bertz CT molecular complexity index is 1240. The van der Waals surface area contributed by atoms with Crippen molar-refractivity contribution in [2.45, 2.75) is 13.0 Å². The highest BCUT2D eigenvalue weighted by Crippen LogP contribution is 2.45. The zero-order valence-electron chi connectivity index (χ0n) is 16.2. The number of anilines is 1. The monoisotopic (exact) mass is 454 g/mol. The van der Waals surface area contributed by atoms with Gasteiger partial charge in [-0.25, -0.2) is 0 Å². The smallest absolute Gasteiger partial charge is 0.300 e. The lowest BCUT2D eigenvalue weighted by Crippen LogP contribution is -2.29. The average Bonchev–Trinajstić information content (AvgIpc) is 3.02. The number of hydrogen-bond acceptors (Lipinski definition) is 5. The fourth-order valence-corrected chi connectivity index (χ4v) is 3.87. The summed E-state index contributed by atoms with van der Waals surface area (Å²) in [6.45, 7) is 1.80. The van der Waals surface area contributed by atoms with Crippen molar-refractivity contribution >= 4 is 46.3 Å². The molecule has 0 bridgehead atoms. The summed E-state index contributed by atoms with van der Waals surface area (Å²) in [4.78, 5) is 31.3. The van der Waals surface area contributed by atoms with E-state index in [2.05, 4.69) is 4.98 Å². The summed E-state index contributed by atoms with van der Waals surface area (Å²) >= 11 is 12.0. The van der Waals surface area contributed by atoms with E-state index in [1.807, 2.05) is 0 Å². The summed E-state index contributed by atoms with van der Waals surface area (Å²) in [5.74, 6) is -2.31. The predicted octanol–water partition coefficient (Wildman–Crippen LogP) is 5.03. The minimum Gasteiger partial charge on any atom is -0.507 e. The second-order valence-electron chi connectivity index (χ2n) is 7.07. The van der Waals surface area contributed by atoms with Gasteiger partial charge >= 0.3 is 0 Å². The molecular formula is C23H16Cl2N2O4. The summed E-state index contributed by atoms with van der Waals surface area (Å²) in [7, 11) is 0. The summed E-state index contributed by atoms with van der Waals surface area (Å²) in [6.07, 6.45) is 3.04. The van der Waals surface area contributed by atoms with Crippen LogP contribution in [0.1, 0.15) is 22.7 Å². The highest BCUT2D eigenvalue weighted by atomic mass is 35.5.